The van der Waals surface area contributed by atoms with E-state index in [9.17, 15) is 24.0 Å². The van der Waals surface area contributed by atoms with Gasteiger partial charge < -0.3 is 48.0 Å². The van der Waals surface area contributed by atoms with E-state index < -0.39 is 17.8 Å². The average Bonchev–Trinajstić information content (AvgIpc) is 3.39. The summed E-state index contributed by atoms with van der Waals surface area (Å²) in [6.45, 7) is 6.54. The fraction of sp³-hybridized carbons (Fsp3) is 0.645. The lowest BCUT2D eigenvalue weighted by molar-refractivity contribution is -0.198. The van der Waals surface area contributed by atoms with Gasteiger partial charge in [-0.05, 0) is 12.1 Å². The molecular weight excluding hydrogens is 624 g/mol. The average molecular weight is 671 g/mol. The monoisotopic (exact) mass is 670 g/mol. The van der Waals surface area contributed by atoms with Crippen molar-refractivity contribution >= 4 is 30.0 Å². The van der Waals surface area contributed by atoms with Gasteiger partial charge in [-0.1, -0.05) is 12.1 Å². The van der Waals surface area contributed by atoms with Crippen molar-refractivity contribution in [3.8, 4) is 0 Å². The van der Waals surface area contributed by atoms with E-state index in [0.29, 0.717) is 115 Å². The standard InChI is InChI=1S/C31H46N2O14/c34-25-26-1-3-27(4-2-26)31(38)32-8-10-40-12-14-42-16-18-44-20-22-46-24-23-45-21-19-43-17-15-41-13-11-39-9-7-30(37)47-33-28(35)5-6-29(33)36/h1-4,25H,5-24H2,(H,32,38). The Balaban J connectivity index is 1.20. The molecule has 1 aromatic carbocycles. The first-order chi connectivity index (χ1) is 23.0. The number of nitrogens with one attached hydrogen (secondary N) is 1. The van der Waals surface area contributed by atoms with E-state index in [1.165, 1.54) is 0 Å². The molecule has 1 aromatic rings. The molecule has 2 rings (SSSR count). The summed E-state index contributed by atoms with van der Waals surface area (Å²) in [5.41, 5.74) is 1.00. The highest BCUT2D eigenvalue weighted by atomic mass is 16.7. The van der Waals surface area contributed by atoms with Crippen LogP contribution in [0.4, 0.5) is 0 Å². The molecule has 0 unspecified atom stereocenters. The highest BCUT2D eigenvalue weighted by Crippen LogP contribution is 2.12. The summed E-state index contributed by atoms with van der Waals surface area (Å²) in [6, 6.07) is 6.38. The van der Waals surface area contributed by atoms with Gasteiger partial charge in [-0.3, -0.25) is 19.2 Å². The van der Waals surface area contributed by atoms with Crippen LogP contribution >= 0.6 is 0 Å². The Morgan fingerprint density at radius 3 is 1.38 bits per heavy atom. The quantitative estimate of drug-likeness (QED) is 0.0672. The highest BCUT2D eigenvalue weighted by Gasteiger charge is 2.32. The number of imide groups is 1. The minimum absolute atomic E-state index is 0.0542. The van der Waals surface area contributed by atoms with E-state index in [2.05, 4.69) is 5.32 Å². The minimum atomic E-state index is -0.705. The molecule has 1 fully saturated rings. The zero-order valence-electron chi connectivity index (χ0n) is 26.7. The van der Waals surface area contributed by atoms with Crippen LogP contribution in [0.15, 0.2) is 24.3 Å². The summed E-state index contributed by atoms with van der Waals surface area (Å²) in [7, 11) is 0. The predicted molar refractivity (Wildman–Crippen MR) is 163 cm³/mol. The Kier molecular flexibility index (Phi) is 22.6. The lowest BCUT2D eigenvalue weighted by atomic mass is 10.1. The van der Waals surface area contributed by atoms with Crippen LogP contribution in [0.3, 0.4) is 0 Å². The molecule has 47 heavy (non-hydrogen) atoms. The normalized spacial score (nSPS) is 12.9. The molecule has 16 nitrogen and oxygen atoms in total. The van der Waals surface area contributed by atoms with Crippen LogP contribution in [0.2, 0.25) is 0 Å². The smallest absolute Gasteiger partial charge is 0.335 e. The van der Waals surface area contributed by atoms with Crippen molar-refractivity contribution in [1.82, 2.24) is 10.4 Å². The van der Waals surface area contributed by atoms with E-state index in [1.807, 2.05) is 0 Å². The number of ether oxygens (including phenoxy) is 8. The molecule has 264 valence electrons. The Hall–Kier alpha value is -3.35. The molecule has 1 saturated heterocycles. The molecule has 0 bridgehead atoms. The van der Waals surface area contributed by atoms with Gasteiger partial charge in [-0.2, -0.15) is 0 Å². The van der Waals surface area contributed by atoms with Crippen molar-refractivity contribution in [3.05, 3.63) is 35.4 Å². The SMILES string of the molecule is O=Cc1ccc(C(=O)NCCOCCOCCOCCOCCOCCOCCOCCOCCC(=O)ON2C(=O)CCC2=O)cc1. The summed E-state index contributed by atoms with van der Waals surface area (Å²) >= 11 is 0. The molecule has 1 aliphatic heterocycles. The molecule has 1 heterocycles. The summed E-state index contributed by atoms with van der Waals surface area (Å²) < 4.78 is 43.2. The van der Waals surface area contributed by atoms with E-state index >= 15 is 0 Å². The molecule has 3 amide bonds. The molecule has 0 atom stereocenters. The Morgan fingerprint density at radius 2 is 0.979 bits per heavy atom. The largest absolute Gasteiger partial charge is 0.378 e. The maximum Gasteiger partial charge on any atom is 0.335 e. The van der Waals surface area contributed by atoms with Crippen molar-refractivity contribution in [2.75, 3.05) is 112 Å². The van der Waals surface area contributed by atoms with Crippen LogP contribution < -0.4 is 5.32 Å². The third kappa shape index (κ3) is 19.8. The summed E-state index contributed by atoms with van der Waals surface area (Å²) in [5, 5.41) is 3.26. The minimum Gasteiger partial charge on any atom is -0.378 e. The third-order valence-corrected chi connectivity index (χ3v) is 6.09. The number of hydrogen-bond donors (Lipinski definition) is 1. The molecule has 1 aliphatic rings. The second-order valence-electron chi connectivity index (χ2n) is 9.69. The number of carbonyl (C=O) groups excluding carboxylic acids is 5. The number of rotatable bonds is 30. The first-order valence-corrected chi connectivity index (χ1v) is 15.5. The summed E-state index contributed by atoms with van der Waals surface area (Å²) in [4.78, 5) is 61.8. The molecule has 0 aliphatic carbocycles. The number of benzene rings is 1. The number of nitrogens with zero attached hydrogens (tertiary/aromatic N) is 1. The van der Waals surface area contributed by atoms with E-state index in [4.69, 9.17) is 42.7 Å². The second-order valence-corrected chi connectivity index (χ2v) is 9.69. The van der Waals surface area contributed by atoms with Gasteiger partial charge in [0.2, 0.25) is 0 Å². The topological polar surface area (TPSA) is 184 Å². The Labute approximate surface area is 274 Å². The van der Waals surface area contributed by atoms with Crippen LogP contribution in [0, 0.1) is 0 Å². The van der Waals surface area contributed by atoms with E-state index in [-0.39, 0.29) is 38.4 Å². The van der Waals surface area contributed by atoms with Crippen molar-refractivity contribution in [1.29, 1.82) is 0 Å². The van der Waals surface area contributed by atoms with Gasteiger partial charge in [0.15, 0.2) is 0 Å². The van der Waals surface area contributed by atoms with Gasteiger partial charge in [0, 0.05) is 30.5 Å². The van der Waals surface area contributed by atoms with Gasteiger partial charge in [-0.25, -0.2) is 4.79 Å². The fourth-order valence-electron chi connectivity index (χ4n) is 3.65. The van der Waals surface area contributed by atoms with E-state index in [0.717, 1.165) is 6.29 Å². The number of carbonyl (C=O) groups is 5. The van der Waals surface area contributed by atoms with Crippen LogP contribution in [0.5, 0.6) is 0 Å². The Bertz CT molecular complexity index is 1020. The van der Waals surface area contributed by atoms with Crippen molar-refractivity contribution < 1.29 is 66.7 Å². The lowest BCUT2D eigenvalue weighted by Gasteiger charge is -2.12. The number of hydrogen-bond acceptors (Lipinski definition) is 14. The Morgan fingerprint density at radius 1 is 0.596 bits per heavy atom. The van der Waals surface area contributed by atoms with Crippen LogP contribution in [0.25, 0.3) is 0 Å². The van der Waals surface area contributed by atoms with Gasteiger partial charge in [0.05, 0.1) is 112 Å². The zero-order valence-corrected chi connectivity index (χ0v) is 26.7. The molecule has 1 N–H and O–H groups in total. The molecule has 0 spiro atoms. The van der Waals surface area contributed by atoms with E-state index in [1.54, 1.807) is 24.3 Å². The number of hydroxylamine groups is 2. The maximum absolute atomic E-state index is 12.0. The predicted octanol–water partition coefficient (Wildman–Crippen LogP) is 0.359. The fourth-order valence-corrected chi connectivity index (χ4v) is 3.65. The second kappa shape index (κ2) is 26.7. The van der Waals surface area contributed by atoms with Crippen molar-refractivity contribution in [2.24, 2.45) is 0 Å². The first-order valence-electron chi connectivity index (χ1n) is 15.5. The molecular formula is C31H46N2O14. The van der Waals surface area contributed by atoms with Crippen LogP contribution in [-0.4, -0.2) is 147 Å². The van der Waals surface area contributed by atoms with Gasteiger partial charge >= 0.3 is 5.97 Å². The summed E-state index contributed by atoms with van der Waals surface area (Å²) in [5.74, 6) is -1.96. The van der Waals surface area contributed by atoms with Gasteiger partial charge in [0.25, 0.3) is 17.7 Å². The molecule has 0 radical (unpaired) electrons. The number of aldehydes is 1. The molecule has 0 aromatic heterocycles. The maximum atomic E-state index is 12.0. The first kappa shape index (κ1) is 39.8. The van der Waals surface area contributed by atoms with Crippen LogP contribution in [0.1, 0.15) is 40.0 Å². The van der Waals surface area contributed by atoms with Gasteiger partial charge in [-0.15, -0.1) is 5.06 Å². The molecule has 0 saturated carbocycles. The number of amides is 3. The van der Waals surface area contributed by atoms with Gasteiger partial charge in [0.1, 0.15) is 6.29 Å². The van der Waals surface area contributed by atoms with Crippen LogP contribution in [-0.2, 0) is 57.1 Å². The molecule has 16 heteroatoms. The zero-order chi connectivity index (χ0) is 33.8. The third-order valence-electron chi connectivity index (χ3n) is 6.09. The summed E-state index contributed by atoms with van der Waals surface area (Å²) in [6.07, 6.45) is 0.755. The van der Waals surface area contributed by atoms with Crippen molar-refractivity contribution in [2.45, 2.75) is 19.3 Å². The lowest BCUT2D eigenvalue weighted by Crippen LogP contribution is -2.32. The highest BCUT2D eigenvalue weighted by molar-refractivity contribution is 6.01. The van der Waals surface area contributed by atoms with Crippen molar-refractivity contribution in [3.63, 3.8) is 0 Å².